The molecule has 0 aliphatic carbocycles. The summed E-state index contributed by atoms with van der Waals surface area (Å²) in [5.74, 6) is -0.414. The summed E-state index contributed by atoms with van der Waals surface area (Å²) in [5.41, 5.74) is 0.787. The van der Waals surface area contributed by atoms with E-state index >= 15 is 0 Å². The van der Waals surface area contributed by atoms with Crippen LogP contribution in [0.15, 0.2) is 30.9 Å². The molecule has 2 amide bonds. The lowest BCUT2D eigenvalue weighted by Crippen LogP contribution is -2.59. The summed E-state index contributed by atoms with van der Waals surface area (Å²) in [7, 11) is 4.05. The Morgan fingerprint density at radius 1 is 1.16 bits per heavy atom. The molecule has 10 nitrogen and oxygen atoms in total. The Morgan fingerprint density at radius 2 is 1.89 bits per heavy atom. The maximum atomic E-state index is 14.7. The van der Waals surface area contributed by atoms with Gasteiger partial charge in [-0.2, -0.15) is 4.98 Å². The van der Waals surface area contributed by atoms with Crippen molar-refractivity contribution in [1.29, 1.82) is 0 Å². The Hall–Kier alpha value is -3.73. The molecular formula is C27H34FN7O3. The Kier molecular flexibility index (Phi) is 6.72. The predicted octanol–water partition coefficient (Wildman–Crippen LogP) is 1.89. The standard InChI is InChI=1S/C27H34FN7O3/c1-6-22(37)34-12-17(3)35(13-16(34)2)25-19-10-11-33(24-20(28)8-7-9-21(24)36)26(38)23(19)29-27(30-25)32-14-18(15-32)31(4)5/h6-9,16-18,36H,1,10-15H2,2-5H3/t16-,17+/m1/s1. The number of hydrogen-bond acceptors (Lipinski definition) is 8. The SMILES string of the molecule is C=CC(=O)N1C[C@H](C)N(c2nc(N3CC(N(C)C)C3)nc3c2CCN(c2c(O)cccc2F)C3=O)C[C@H]1C. The molecule has 0 unspecified atom stereocenters. The maximum absolute atomic E-state index is 14.7. The number of para-hydroxylation sites is 1. The number of piperazine rings is 1. The van der Waals surface area contributed by atoms with Crippen LogP contribution >= 0.6 is 0 Å². The van der Waals surface area contributed by atoms with E-state index in [1.807, 2.05) is 32.8 Å². The highest BCUT2D eigenvalue weighted by Gasteiger charge is 2.39. The largest absolute Gasteiger partial charge is 0.506 e. The van der Waals surface area contributed by atoms with Crippen LogP contribution in [0, 0.1) is 5.82 Å². The van der Waals surface area contributed by atoms with Gasteiger partial charge in [-0.3, -0.25) is 9.59 Å². The van der Waals surface area contributed by atoms with Crippen LogP contribution in [0.5, 0.6) is 5.75 Å². The van der Waals surface area contributed by atoms with Gasteiger partial charge in [-0.25, -0.2) is 9.37 Å². The lowest BCUT2D eigenvalue weighted by molar-refractivity contribution is -0.128. The molecule has 202 valence electrons. The normalized spacial score (nSPS) is 22.0. The Morgan fingerprint density at radius 3 is 2.55 bits per heavy atom. The fourth-order valence-electron chi connectivity index (χ4n) is 5.48. The molecule has 0 spiro atoms. The number of aromatic nitrogens is 2. The summed E-state index contributed by atoms with van der Waals surface area (Å²) in [6, 6.07) is 4.21. The fraction of sp³-hybridized carbons (Fsp3) is 0.481. The highest BCUT2D eigenvalue weighted by molar-refractivity contribution is 6.08. The van der Waals surface area contributed by atoms with Gasteiger partial charge < -0.3 is 29.6 Å². The minimum absolute atomic E-state index is 0.0587. The number of halogens is 1. The maximum Gasteiger partial charge on any atom is 0.277 e. The van der Waals surface area contributed by atoms with Crippen LogP contribution in [0.4, 0.5) is 21.8 Å². The summed E-state index contributed by atoms with van der Waals surface area (Å²) < 4.78 is 14.7. The summed E-state index contributed by atoms with van der Waals surface area (Å²) in [5, 5.41) is 10.4. The Labute approximate surface area is 222 Å². The van der Waals surface area contributed by atoms with Crippen LogP contribution in [0.2, 0.25) is 0 Å². The molecule has 2 aromatic rings. The van der Waals surface area contributed by atoms with E-state index in [4.69, 9.17) is 9.97 Å². The molecular weight excluding hydrogens is 489 g/mol. The van der Waals surface area contributed by atoms with Crippen molar-refractivity contribution in [2.45, 2.75) is 38.4 Å². The summed E-state index contributed by atoms with van der Waals surface area (Å²) in [6.45, 7) is 10.3. The molecule has 3 aliphatic rings. The molecule has 2 atom stereocenters. The van der Waals surface area contributed by atoms with Crippen LogP contribution in [0.25, 0.3) is 0 Å². The molecule has 2 saturated heterocycles. The molecule has 0 bridgehead atoms. The van der Waals surface area contributed by atoms with E-state index in [0.717, 1.165) is 13.1 Å². The zero-order valence-corrected chi connectivity index (χ0v) is 22.3. The van der Waals surface area contributed by atoms with Gasteiger partial charge >= 0.3 is 0 Å². The van der Waals surface area contributed by atoms with Crippen LogP contribution < -0.4 is 14.7 Å². The number of phenols is 1. The lowest BCUT2D eigenvalue weighted by Gasteiger charge is -2.46. The van der Waals surface area contributed by atoms with Gasteiger partial charge in [0.1, 0.15) is 22.9 Å². The third-order valence-electron chi connectivity index (χ3n) is 7.83. The highest BCUT2D eigenvalue weighted by atomic mass is 19.1. The Bertz CT molecular complexity index is 1260. The van der Waals surface area contributed by atoms with E-state index in [-0.39, 0.29) is 41.7 Å². The third kappa shape index (κ3) is 4.34. The first-order valence-electron chi connectivity index (χ1n) is 12.9. The molecule has 1 aromatic heterocycles. The van der Waals surface area contributed by atoms with Gasteiger partial charge in [0.25, 0.3) is 5.91 Å². The molecule has 5 rings (SSSR count). The van der Waals surface area contributed by atoms with E-state index in [9.17, 15) is 19.1 Å². The van der Waals surface area contributed by atoms with Crippen molar-refractivity contribution in [3.63, 3.8) is 0 Å². The summed E-state index contributed by atoms with van der Waals surface area (Å²) in [4.78, 5) is 45.2. The first kappa shape index (κ1) is 25.9. The zero-order valence-electron chi connectivity index (χ0n) is 22.3. The first-order valence-corrected chi connectivity index (χ1v) is 12.9. The second kappa shape index (κ2) is 9.86. The number of fused-ring (bicyclic) bond motifs is 1. The van der Waals surface area contributed by atoms with E-state index in [1.165, 1.54) is 29.2 Å². The molecule has 1 aromatic carbocycles. The molecule has 0 radical (unpaired) electrons. The molecule has 38 heavy (non-hydrogen) atoms. The number of phenolic OH excluding ortho intramolecular Hbond substituents is 1. The van der Waals surface area contributed by atoms with Crippen LogP contribution in [0.3, 0.4) is 0 Å². The molecule has 0 saturated carbocycles. The minimum atomic E-state index is -0.668. The fourth-order valence-corrected chi connectivity index (χ4v) is 5.48. The highest BCUT2D eigenvalue weighted by Crippen LogP contribution is 2.37. The van der Waals surface area contributed by atoms with Crippen molar-refractivity contribution in [3.8, 4) is 5.75 Å². The van der Waals surface area contributed by atoms with Crippen molar-refractivity contribution >= 4 is 29.3 Å². The van der Waals surface area contributed by atoms with Crippen LogP contribution in [0.1, 0.15) is 29.9 Å². The molecule has 2 fully saturated rings. The minimum Gasteiger partial charge on any atom is -0.506 e. The van der Waals surface area contributed by atoms with E-state index in [1.54, 1.807) is 4.90 Å². The number of rotatable bonds is 5. The number of anilines is 3. The molecule has 4 heterocycles. The van der Waals surface area contributed by atoms with E-state index in [0.29, 0.717) is 42.9 Å². The summed E-state index contributed by atoms with van der Waals surface area (Å²) >= 11 is 0. The van der Waals surface area contributed by atoms with Crippen molar-refractivity contribution in [2.24, 2.45) is 0 Å². The topological polar surface area (TPSA) is 96.4 Å². The lowest BCUT2D eigenvalue weighted by atomic mass is 10.0. The molecule has 11 heteroatoms. The number of aromatic hydroxyl groups is 1. The summed E-state index contributed by atoms with van der Waals surface area (Å²) in [6.07, 6.45) is 1.73. The average Bonchev–Trinajstić information content (AvgIpc) is 2.84. The van der Waals surface area contributed by atoms with Crippen LogP contribution in [-0.4, -0.2) is 102 Å². The van der Waals surface area contributed by atoms with Gasteiger partial charge in [0, 0.05) is 56.4 Å². The number of carbonyl (C=O) groups excluding carboxylic acids is 2. The number of hydrogen-bond donors (Lipinski definition) is 1. The quantitative estimate of drug-likeness (QED) is 0.594. The van der Waals surface area contributed by atoms with Crippen LogP contribution in [-0.2, 0) is 11.2 Å². The smallest absolute Gasteiger partial charge is 0.277 e. The number of nitrogens with zero attached hydrogens (tertiary/aromatic N) is 7. The molecule has 1 N–H and O–H groups in total. The number of benzene rings is 1. The molecule has 3 aliphatic heterocycles. The van der Waals surface area contributed by atoms with Crippen molar-refractivity contribution in [1.82, 2.24) is 19.8 Å². The number of amides is 2. The Balaban J connectivity index is 1.55. The average molecular weight is 524 g/mol. The van der Waals surface area contributed by atoms with Gasteiger partial charge in [0.15, 0.2) is 5.82 Å². The second-order valence-corrected chi connectivity index (χ2v) is 10.6. The van der Waals surface area contributed by atoms with E-state index < -0.39 is 11.7 Å². The van der Waals surface area contributed by atoms with Gasteiger partial charge in [-0.15, -0.1) is 0 Å². The monoisotopic (exact) mass is 523 g/mol. The number of carbonyl (C=O) groups is 2. The van der Waals surface area contributed by atoms with Gasteiger partial charge in [0.05, 0.1) is 0 Å². The first-order chi connectivity index (χ1) is 18.1. The predicted molar refractivity (Wildman–Crippen MR) is 143 cm³/mol. The second-order valence-electron chi connectivity index (χ2n) is 10.6. The van der Waals surface area contributed by atoms with Crippen molar-refractivity contribution < 1.29 is 19.1 Å². The third-order valence-corrected chi connectivity index (χ3v) is 7.83. The van der Waals surface area contributed by atoms with Gasteiger partial charge in [-0.05, 0) is 52.6 Å². The zero-order chi connectivity index (χ0) is 27.3. The van der Waals surface area contributed by atoms with Crippen molar-refractivity contribution in [2.75, 3.05) is 61.5 Å². The van der Waals surface area contributed by atoms with Gasteiger partial charge in [0.2, 0.25) is 11.9 Å². The van der Waals surface area contributed by atoms with Gasteiger partial charge in [-0.1, -0.05) is 12.6 Å². The van der Waals surface area contributed by atoms with Crippen molar-refractivity contribution in [3.05, 3.63) is 47.9 Å². The number of likely N-dealkylation sites (N-methyl/N-ethyl adjacent to an activating group) is 1. The van der Waals surface area contributed by atoms with E-state index in [2.05, 4.69) is 16.4 Å².